The Morgan fingerprint density at radius 1 is 1.22 bits per heavy atom. The monoisotopic (exact) mass is 251 g/mol. The van der Waals surface area contributed by atoms with Gasteiger partial charge in [0, 0.05) is 19.3 Å². The predicted molar refractivity (Wildman–Crippen MR) is 77.8 cm³/mol. The topological polar surface area (TPSA) is 29.9 Å². The number of rotatable bonds is 8. The number of nitrogens with zero attached hydrogens (tertiary/aromatic N) is 2. The number of aromatic nitrogens is 2. The van der Waals surface area contributed by atoms with Crippen LogP contribution in [0.25, 0.3) is 0 Å². The minimum atomic E-state index is 0.370. The predicted octanol–water partition coefficient (Wildman–Crippen LogP) is 2.94. The average molecular weight is 251 g/mol. The maximum absolute atomic E-state index is 4.56. The lowest BCUT2D eigenvalue weighted by molar-refractivity contribution is 0.243. The third-order valence-electron chi connectivity index (χ3n) is 4.20. The molecule has 18 heavy (non-hydrogen) atoms. The molecule has 104 valence electrons. The van der Waals surface area contributed by atoms with E-state index in [0.717, 1.165) is 25.9 Å². The Balaban J connectivity index is 2.84. The Labute approximate surface area is 112 Å². The SMILES string of the molecule is CCNCC(CC)(CC)Cc1cc(CC)nn1C. The van der Waals surface area contributed by atoms with E-state index in [9.17, 15) is 0 Å². The standard InChI is InChI=1S/C15H29N3/c1-6-13-10-14(18(5)17-13)11-15(7-2,8-3)12-16-9-4/h10,16H,6-9,11-12H2,1-5H3. The van der Waals surface area contributed by atoms with Crippen molar-refractivity contribution in [2.75, 3.05) is 13.1 Å². The van der Waals surface area contributed by atoms with Gasteiger partial charge >= 0.3 is 0 Å². The Morgan fingerprint density at radius 3 is 2.33 bits per heavy atom. The van der Waals surface area contributed by atoms with Gasteiger partial charge in [-0.15, -0.1) is 0 Å². The second kappa shape index (κ2) is 6.93. The van der Waals surface area contributed by atoms with Crippen LogP contribution in [0.5, 0.6) is 0 Å². The van der Waals surface area contributed by atoms with Crippen LogP contribution in [-0.4, -0.2) is 22.9 Å². The molecule has 0 fully saturated rings. The van der Waals surface area contributed by atoms with Gasteiger partial charge in [0.1, 0.15) is 0 Å². The summed E-state index contributed by atoms with van der Waals surface area (Å²) in [5.74, 6) is 0. The molecular weight excluding hydrogens is 222 g/mol. The van der Waals surface area contributed by atoms with Crippen LogP contribution < -0.4 is 5.32 Å². The van der Waals surface area contributed by atoms with Crippen LogP contribution in [0.15, 0.2) is 6.07 Å². The average Bonchev–Trinajstić information content (AvgIpc) is 2.75. The van der Waals surface area contributed by atoms with Gasteiger partial charge in [0.25, 0.3) is 0 Å². The van der Waals surface area contributed by atoms with Crippen molar-refractivity contribution in [2.24, 2.45) is 12.5 Å². The van der Waals surface area contributed by atoms with E-state index < -0.39 is 0 Å². The molecule has 0 aromatic carbocycles. The highest BCUT2D eigenvalue weighted by atomic mass is 15.3. The van der Waals surface area contributed by atoms with Gasteiger partial charge in [-0.1, -0.05) is 27.7 Å². The second-order valence-corrected chi connectivity index (χ2v) is 5.27. The quantitative estimate of drug-likeness (QED) is 0.770. The first kappa shape index (κ1) is 15.2. The van der Waals surface area contributed by atoms with Crippen LogP contribution in [0, 0.1) is 5.41 Å². The summed E-state index contributed by atoms with van der Waals surface area (Å²) in [6.45, 7) is 11.1. The third-order valence-corrected chi connectivity index (χ3v) is 4.20. The number of aryl methyl sites for hydroxylation is 2. The lowest BCUT2D eigenvalue weighted by Crippen LogP contribution is -2.35. The molecule has 1 N–H and O–H groups in total. The Morgan fingerprint density at radius 2 is 1.89 bits per heavy atom. The van der Waals surface area contributed by atoms with E-state index in [-0.39, 0.29) is 0 Å². The lowest BCUT2D eigenvalue weighted by Gasteiger charge is -2.32. The van der Waals surface area contributed by atoms with Gasteiger partial charge in [-0.25, -0.2) is 0 Å². The first-order valence-electron chi connectivity index (χ1n) is 7.33. The van der Waals surface area contributed by atoms with Crippen molar-refractivity contribution in [3.63, 3.8) is 0 Å². The first-order chi connectivity index (χ1) is 8.60. The molecule has 0 aliphatic heterocycles. The molecule has 0 aliphatic carbocycles. The van der Waals surface area contributed by atoms with Gasteiger partial charge in [0.05, 0.1) is 5.69 Å². The molecule has 3 heteroatoms. The molecule has 0 saturated heterocycles. The van der Waals surface area contributed by atoms with E-state index >= 15 is 0 Å². The summed E-state index contributed by atoms with van der Waals surface area (Å²) in [5, 5.41) is 8.08. The van der Waals surface area contributed by atoms with Crippen LogP contribution in [0.1, 0.15) is 51.9 Å². The molecule has 0 bridgehead atoms. The van der Waals surface area contributed by atoms with Gasteiger partial charge in [-0.3, -0.25) is 4.68 Å². The molecule has 3 nitrogen and oxygen atoms in total. The molecule has 0 aliphatic rings. The van der Waals surface area contributed by atoms with Crippen molar-refractivity contribution in [3.8, 4) is 0 Å². The number of hydrogen-bond acceptors (Lipinski definition) is 2. The first-order valence-corrected chi connectivity index (χ1v) is 7.33. The van der Waals surface area contributed by atoms with E-state index in [0.29, 0.717) is 5.41 Å². The maximum atomic E-state index is 4.56. The molecule has 1 heterocycles. The molecule has 0 saturated carbocycles. The van der Waals surface area contributed by atoms with Crippen molar-refractivity contribution in [1.82, 2.24) is 15.1 Å². The summed E-state index contributed by atoms with van der Waals surface area (Å²) in [4.78, 5) is 0. The molecule has 0 radical (unpaired) electrons. The molecule has 0 spiro atoms. The lowest BCUT2D eigenvalue weighted by atomic mass is 9.78. The third kappa shape index (κ3) is 3.58. The van der Waals surface area contributed by atoms with Gasteiger partial charge in [-0.05, 0) is 43.7 Å². The Kier molecular flexibility index (Phi) is 5.86. The van der Waals surface area contributed by atoms with E-state index in [2.05, 4.69) is 55.9 Å². The molecule has 0 atom stereocenters. The number of nitrogens with one attached hydrogen (secondary N) is 1. The van der Waals surface area contributed by atoms with Crippen molar-refractivity contribution in [1.29, 1.82) is 0 Å². The van der Waals surface area contributed by atoms with Gasteiger partial charge in [0.2, 0.25) is 0 Å². The zero-order valence-electron chi connectivity index (χ0n) is 12.7. The van der Waals surface area contributed by atoms with Crippen molar-refractivity contribution in [2.45, 2.75) is 53.4 Å². The molecule has 1 aromatic heterocycles. The summed E-state index contributed by atoms with van der Waals surface area (Å²) in [7, 11) is 2.07. The smallest absolute Gasteiger partial charge is 0.0624 e. The fourth-order valence-electron chi connectivity index (χ4n) is 2.50. The van der Waals surface area contributed by atoms with Crippen molar-refractivity contribution < 1.29 is 0 Å². The largest absolute Gasteiger partial charge is 0.316 e. The van der Waals surface area contributed by atoms with E-state index in [1.807, 2.05) is 0 Å². The fraction of sp³-hybridized carbons (Fsp3) is 0.800. The minimum absolute atomic E-state index is 0.370. The number of hydrogen-bond donors (Lipinski definition) is 1. The summed E-state index contributed by atoms with van der Waals surface area (Å²) >= 11 is 0. The molecule has 0 amide bonds. The van der Waals surface area contributed by atoms with Crippen LogP contribution in [0.2, 0.25) is 0 Å². The van der Waals surface area contributed by atoms with Gasteiger partial charge < -0.3 is 5.32 Å². The van der Waals surface area contributed by atoms with E-state index in [1.54, 1.807) is 0 Å². The Bertz CT molecular complexity index is 351. The highest BCUT2D eigenvalue weighted by Gasteiger charge is 2.27. The highest BCUT2D eigenvalue weighted by molar-refractivity contribution is 5.12. The fourth-order valence-corrected chi connectivity index (χ4v) is 2.50. The maximum Gasteiger partial charge on any atom is 0.0624 e. The van der Waals surface area contributed by atoms with Crippen LogP contribution >= 0.6 is 0 Å². The normalized spacial score (nSPS) is 12.1. The van der Waals surface area contributed by atoms with Gasteiger partial charge in [0.15, 0.2) is 0 Å². The summed E-state index contributed by atoms with van der Waals surface area (Å²) < 4.78 is 2.06. The zero-order chi connectivity index (χ0) is 13.6. The van der Waals surface area contributed by atoms with Crippen molar-refractivity contribution >= 4 is 0 Å². The minimum Gasteiger partial charge on any atom is -0.316 e. The van der Waals surface area contributed by atoms with Crippen LogP contribution in [-0.2, 0) is 19.9 Å². The van der Waals surface area contributed by atoms with Crippen molar-refractivity contribution in [3.05, 3.63) is 17.5 Å². The molecule has 1 rings (SSSR count). The summed E-state index contributed by atoms with van der Waals surface area (Å²) in [6.07, 6.45) is 4.56. The zero-order valence-corrected chi connectivity index (χ0v) is 12.7. The second-order valence-electron chi connectivity index (χ2n) is 5.27. The molecule has 0 unspecified atom stereocenters. The van der Waals surface area contributed by atoms with E-state index in [1.165, 1.54) is 24.2 Å². The van der Waals surface area contributed by atoms with Gasteiger partial charge in [-0.2, -0.15) is 5.10 Å². The van der Waals surface area contributed by atoms with E-state index in [4.69, 9.17) is 0 Å². The molecular formula is C15H29N3. The van der Waals surface area contributed by atoms with Crippen LogP contribution in [0.3, 0.4) is 0 Å². The highest BCUT2D eigenvalue weighted by Crippen LogP contribution is 2.30. The Hall–Kier alpha value is -0.830. The molecule has 1 aromatic rings. The summed E-state index contributed by atoms with van der Waals surface area (Å²) in [5.41, 5.74) is 2.94. The van der Waals surface area contributed by atoms with Crippen LogP contribution in [0.4, 0.5) is 0 Å². The summed E-state index contributed by atoms with van der Waals surface area (Å²) in [6, 6.07) is 2.27.